The largest absolute Gasteiger partial charge is 0.286 e. The molecule has 2 heteroatoms. The second-order valence-electron chi connectivity index (χ2n) is 4.03. The Morgan fingerprint density at radius 1 is 0.812 bits per heavy atom. The van der Waals surface area contributed by atoms with Crippen molar-refractivity contribution in [2.45, 2.75) is 25.7 Å². The summed E-state index contributed by atoms with van der Waals surface area (Å²) in [7, 11) is 0. The van der Waals surface area contributed by atoms with Crippen LogP contribution >= 0.6 is 0 Å². The first-order valence-corrected chi connectivity index (χ1v) is 5.65. The van der Waals surface area contributed by atoms with Crippen LogP contribution in [0.15, 0.2) is 30.3 Å². The lowest BCUT2D eigenvalue weighted by atomic mass is 9.96. The Labute approximate surface area is 95.0 Å². The Bertz CT molecular complexity index is 436. The van der Waals surface area contributed by atoms with Crippen molar-refractivity contribution in [1.82, 2.24) is 0 Å². The number of Topliss-reactive ketones (excluding diaryl/α,β-unsaturated/α-hetero) is 1. The Hall–Kier alpha value is -1.70. The van der Waals surface area contributed by atoms with Crippen LogP contribution in [-0.4, -0.2) is 11.6 Å². The summed E-state index contributed by atoms with van der Waals surface area (Å²) < 4.78 is 0. The summed E-state index contributed by atoms with van der Waals surface area (Å²) in [6.07, 6.45) is 8.98. The summed E-state index contributed by atoms with van der Waals surface area (Å²) in [4.78, 5) is 22.1. The molecule has 1 aromatic rings. The van der Waals surface area contributed by atoms with E-state index in [1.807, 2.05) is 12.1 Å². The van der Waals surface area contributed by atoms with Crippen molar-refractivity contribution >= 4 is 17.6 Å². The monoisotopic (exact) mass is 214 g/mol. The number of rotatable bonds is 0. The van der Waals surface area contributed by atoms with Gasteiger partial charge in [-0.1, -0.05) is 56.0 Å². The van der Waals surface area contributed by atoms with Gasteiger partial charge in [0.25, 0.3) is 0 Å². The molecule has 2 aliphatic carbocycles. The second-order valence-corrected chi connectivity index (χ2v) is 4.03. The highest BCUT2D eigenvalue weighted by molar-refractivity contribution is 6.49. The molecule has 16 heavy (non-hydrogen) atoms. The van der Waals surface area contributed by atoms with Crippen LogP contribution in [-0.2, 0) is 4.79 Å². The molecular weight excluding hydrogens is 200 g/mol. The van der Waals surface area contributed by atoms with Crippen molar-refractivity contribution in [3.05, 3.63) is 41.5 Å². The Morgan fingerprint density at radius 3 is 2.06 bits per heavy atom. The molecule has 1 fully saturated rings. The highest BCUT2D eigenvalue weighted by Crippen LogP contribution is 2.16. The molecule has 0 saturated heterocycles. The standard InChI is InChI=1S/C10H6O2.C4H8/c11-9-6-5-7-3-1-2-4-8(7)10(9)12;1-2-4-3-1/h1-6H;1-4H2. The number of benzene rings is 1. The summed E-state index contributed by atoms with van der Waals surface area (Å²) in [5.74, 6) is -0.846. The maximum Gasteiger partial charge on any atom is 0.233 e. The lowest BCUT2D eigenvalue weighted by Gasteiger charge is -2.06. The van der Waals surface area contributed by atoms with E-state index >= 15 is 0 Å². The number of hydrogen-bond donors (Lipinski definition) is 0. The molecule has 82 valence electrons. The van der Waals surface area contributed by atoms with Crippen LogP contribution in [0.3, 0.4) is 0 Å². The summed E-state index contributed by atoms with van der Waals surface area (Å²) in [6.45, 7) is 0. The third kappa shape index (κ3) is 2.27. The van der Waals surface area contributed by atoms with Crippen molar-refractivity contribution < 1.29 is 9.59 Å². The molecule has 0 atom stereocenters. The number of carbonyl (C=O) groups excluding carboxylic acids is 2. The van der Waals surface area contributed by atoms with E-state index < -0.39 is 11.6 Å². The van der Waals surface area contributed by atoms with Crippen molar-refractivity contribution in [2.24, 2.45) is 0 Å². The van der Waals surface area contributed by atoms with Crippen molar-refractivity contribution in [3.8, 4) is 0 Å². The highest BCUT2D eigenvalue weighted by Gasteiger charge is 2.19. The Morgan fingerprint density at radius 2 is 1.44 bits per heavy atom. The first-order chi connectivity index (χ1) is 7.79. The fourth-order valence-electron chi connectivity index (χ4n) is 1.47. The third-order valence-electron chi connectivity index (χ3n) is 2.84. The fourth-order valence-corrected chi connectivity index (χ4v) is 1.47. The molecule has 0 bridgehead atoms. The fraction of sp³-hybridized carbons (Fsp3) is 0.286. The van der Waals surface area contributed by atoms with Gasteiger partial charge in [-0.2, -0.15) is 0 Å². The minimum Gasteiger partial charge on any atom is -0.286 e. The minimum absolute atomic E-state index is 0.409. The maximum absolute atomic E-state index is 11.2. The normalized spacial score (nSPS) is 17.0. The Kier molecular flexibility index (Phi) is 3.30. The van der Waals surface area contributed by atoms with Crippen LogP contribution in [0.2, 0.25) is 0 Å². The number of allylic oxidation sites excluding steroid dienone is 1. The summed E-state index contributed by atoms with van der Waals surface area (Å²) in [6, 6.07) is 7.07. The van der Waals surface area contributed by atoms with E-state index in [0.717, 1.165) is 5.56 Å². The molecule has 0 spiro atoms. The van der Waals surface area contributed by atoms with Crippen LogP contribution in [0.25, 0.3) is 6.08 Å². The maximum atomic E-state index is 11.2. The molecule has 0 radical (unpaired) electrons. The van der Waals surface area contributed by atoms with Gasteiger partial charge in [0, 0.05) is 5.56 Å². The van der Waals surface area contributed by atoms with Crippen LogP contribution in [0.5, 0.6) is 0 Å². The third-order valence-corrected chi connectivity index (χ3v) is 2.84. The SMILES string of the molecule is C1CCC1.O=C1C=Cc2ccccc2C1=O. The van der Waals surface area contributed by atoms with Gasteiger partial charge in [0.15, 0.2) is 0 Å². The van der Waals surface area contributed by atoms with Crippen molar-refractivity contribution in [3.63, 3.8) is 0 Å². The van der Waals surface area contributed by atoms with Crippen LogP contribution < -0.4 is 0 Å². The van der Waals surface area contributed by atoms with E-state index in [9.17, 15) is 9.59 Å². The molecule has 0 heterocycles. The Balaban J connectivity index is 0.000000203. The van der Waals surface area contributed by atoms with Gasteiger partial charge in [-0.15, -0.1) is 0 Å². The molecule has 2 nitrogen and oxygen atoms in total. The van der Waals surface area contributed by atoms with Gasteiger partial charge in [0.05, 0.1) is 0 Å². The minimum atomic E-state index is -0.436. The topological polar surface area (TPSA) is 34.1 Å². The van der Waals surface area contributed by atoms with Gasteiger partial charge >= 0.3 is 0 Å². The molecule has 3 rings (SSSR count). The zero-order valence-corrected chi connectivity index (χ0v) is 9.11. The summed E-state index contributed by atoms with van der Waals surface area (Å²) >= 11 is 0. The van der Waals surface area contributed by atoms with Crippen LogP contribution in [0.1, 0.15) is 41.6 Å². The molecule has 1 saturated carbocycles. The number of hydrogen-bond acceptors (Lipinski definition) is 2. The average molecular weight is 214 g/mol. The molecule has 0 unspecified atom stereocenters. The van der Waals surface area contributed by atoms with E-state index in [2.05, 4.69) is 0 Å². The first kappa shape index (κ1) is 10.8. The lowest BCUT2D eigenvalue weighted by Crippen LogP contribution is -2.15. The van der Waals surface area contributed by atoms with Gasteiger partial charge in [-0.05, 0) is 11.6 Å². The van der Waals surface area contributed by atoms with E-state index in [1.54, 1.807) is 18.2 Å². The van der Waals surface area contributed by atoms with Gasteiger partial charge in [0.1, 0.15) is 0 Å². The molecular formula is C14H14O2. The van der Waals surface area contributed by atoms with Gasteiger partial charge in [-0.25, -0.2) is 0 Å². The van der Waals surface area contributed by atoms with E-state index in [4.69, 9.17) is 0 Å². The van der Waals surface area contributed by atoms with E-state index in [-0.39, 0.29) is 0 Å². The molecule has 0 aromatic heterocycles. The average Bonchev–Trinajstić information content (AvgIpc) is 2.22. The molecule has 0 N–H and O–H groups in total. The van der Waals surface area contributed by atoms with Crippen LogP contribution in [0.4, 0.5) is 0 Å². The molecule has 0 amide bonds. The van der Waals surface area contributed by atoms with E-state index in [0.29, 0.717) is 5.56 Å². The highest BCUT2D eigenvalue weighted by atomic mass is 16.2. The molecule has 0 aliphatic heterocycles. The number of ketones is 2. The summed E-state index contributed by atoms with van der Waals surface area (Å²) in [5.41, 5.74) is 1.33. The molecule has 2 aliphatic rings. The van der Waals surface area contributed by atoms with Gasteiger partial charge in [-0.3, -0.25) is 9.59 Å². The number of fused-ring (bicyclic) bond motifs is 1. The number of carbonyl (C=O) groups is 2. The van der Waals surface area contributed by atoms with Crippen LogP contribution in [0, 0.1) is 0 Å². The quantitative estimate of drug-likeness (QED) is 0.622. The first-order valence-electron chi connectivity index (χ1n) is 5.65. The van der Waals surface area contributed by atoms with E-state index in [1.165, 1.54) is 31.8 Å². The molecule has 1 aromatic carbocycles. The second kappa shape index (κ2) is 4.88. The van der Waals surface area contributed by atoms with Gasteiger partial charge < -0.3 is 0 Å². The predicted molar refractivity (Wildman–Crippen MR) is 63.3 cm³/mol. The van der Waals surface area contributed by atoms with Gasteiger partial charge in [0.2, 0.25) is 11.6 Å². The predicted octanol–water partition coefficient (Wildman–Crippen LogP) is 3.03. The zero-order chi connectivity index (χ0) is 11.4. The zero-order valence-electron chi connectivity index (χ0n) is 9.11. The summed E-state index contributed by atoms with van der Waals surface area (Å²) in [5, 5.41) is 0. The smallest absolute Gasteiger partial charge is 0.233 e. The van der Waals surface area contributed by atoms with Crippen molar-refractivity contribution in [1.29, 1.82) is 0 Å². The lowest BCUT2D eigenvalue weighted by molar-refractivity contribution is -0.110. The van der Waals surface area contributed by atoms with Crippen molar-refractivity contribution in [2.75, 3.05) is 0 Å².